The number of nitrogens with two attached hydrogens (primary N) is 1. The van der Waals surface area contributed by atoms with Crippen molar-refractivity contribution in [2.45, 2.75) is 38.5 Å². The van der Waals surface area contributed by atoms with Crippen LogP contribution in [0.4, 0.5) is 0 Å². The summed E-state index contributed by atoms with van der Waals surface area (Å²) in [5.74, 6) is 1.25. The quantitative estimate of drug-likeness (QED) is 0.794. The zero-order valence-corrected chi connectivity index (χ0v) is 17.1. The molecule has 4 heteroatoms. The van der Waals surface area contributed by atoms with Gasteiger partial charge < -0.3 is 10.6 Å². The van der Waals surface area contributed by atoms with Gasteiger partial charge in [0.1, 0.15) is 0 Å². The lowest BCUT2D eigenvalue weighted by molar-refractivity contribution is -0.130. The Kier molecular flexibility index (Phi) is 7.88. The van der Waals surface area contributed by atoms with Crippen molar-refractivity contribution in [2.24, 2.45) is 11.7 Å². The summed E-state index contributed by atoms with van der Waals surface area (Å²) in [5.41, 5.74) is 9.83. The summed E-state index contributed by atoms with van der Waals surface area (Å²) in [6, 6.07) is 19.1. The number of hydrogen-bond acceptors (Lipinski definition) is 2. The second-order valence-electron chi connectivity index (χ2n) is 7.53. The van der Waals surface area contributed by atoms with E-state index in [0.717, 1.165) is 19.5 Å². The monoisotopic (exact) mass is 386 g/mol. The fourth-order valence-corrected chi connectivity index (χ4v) is 4.07. The highest BCUT2D eigenvalue weighted by Crippen LogP contribution is 2.33. The molecule has 0 bridgehead atoms. The summed E-state index contributed by atoms with van der Waals surface area (Å²) >= 11 is 0. The van der Waals surface area contributed by atoms with Crippen LogP contribution in [0.25, 0.3) is 0 Å². The SMILES string of the molecule is CCC(CC(=O)N1C[C@@H](CN)[C@H](c2ccccc2)C1)c1ccc(C)cc1.Cl. The van der Waals surface area contributed by atoms with Crippen molar-refractivity contribution in [2.75, 3.05) is 19.6 Å². The van der Waals surface area contributed by atoms with Crippen LogP contribution in [-0.2, 0) is 4.79 Å². The zero-order chi connectivity index (χ0) is 18.5. The van der Waals surface area contributed by atoms with Gasteiger partial charge in [0.2, 0.25) is 5.91 Å². The Bertz CT molecular complexity index is 717. The van der Waals surface area contributed by atoms with Gasteiger partial charge in [-0.05, 0) is 42.9 Å². The molecule has 0 aliphatic carbocycles. The summed E-state index contributed by atoms with van der Waals surface area (Å²) in [4.78, 5) is 15.0. The van der Waals surface area contributed by atoms with Gasteiger partial charge in [0, 0.05) is 25.4 Å². The third-order valence-electron chi connectivity index (χ3n) is 5.79. The normalized spacial score (nSPS) is 20.2. The van der Waals surface area contributed by atoms with Crippen molar-refractivity contribution in [1.29, 1.82) is 0 Å². The van der Waals surface area contributed by atoms with Crippen LogP contribution >= 0.6 is 12.4 Å². The van der Waals surface area contributed by atoms with E-state index in [0.29, 0.717) is 24.8 Å². The number of halogens is 1. The number of aryl methyl sites for hydroxylation is 1. The molecule has 3 rings (SSSR count). The average molecular weight is 387 g/mol. The molecule has 3 atom stereocenters. The molecule has 1 fully saturated rings. The van der Waals surface area contributed by atoms with Gasteiger partial charge in [0.25, 0.3) is 0 Å². The Morgan fingerprint density at radius 3 is 2.37 bits per heavy atom. The molecule has 1 saturated heterocycles. The highest BCUT2D eigenvalue weighted by atomic mass is 35.5. The van der Waals surface area contributed by atoms with E-state index in [2.05, 4.69) is 62.4 Å². The maximum absolute atomic E-state index is 13.0. The molecular weight excluding hydrogens is 356 g/mol. The molecule has 3 nitrogen and oxygen atoms in total. The van der Waals surface area contributed by atoms with E-state index in [1.807, 2.05) is 11.0 Å². The van der Waals surface area contributed by atoms with Gasteiger partial charge in [0.15, 0.2) is 0 Å². The van der Waals surface area contributed by atoms with E-state index in [-0.39, 0.29) is 24.2 Å². The molecule has 2 aromatic rings. The molecule has 0 radical (unpaired) electrons. The summed E-state index contributed by atoms with van der Waals surface area (Å²) in [6.07, 6.45) is 1.56. The Morgan fingerprint density at radius 2 is 1.78 bits per heavy atom. The number of amides is 1. The lowest BCUT2D eigenvalue weighted by atomic mass is 9.89. The Morgan fingerprint density at radius 1 is 1.11 bits per heavy atom. The van der Waals surface area contributed by atoms with Gasteiger partial charge in [-0.1, -0.05) is 67.1 Å². The van der Waals surface area contributed by atoms with Gasteiger partial charge in [-0.25, -0.2) is 0 Å². The van der Waals surface area contributed by atoms with E-state index >= 15 is 0 Å². The van der Waals surface area contributed by atoms with Crippen LogP contribution in [-0.4, -0.2) is 30.4 Å². The van der Waals surface area contributed by atoms with E-state index in [1.165, 1.54) is 16.7 Å². The van der Waals surface area contributed by atoms with Crippen molar-refractivity contribution in [3.05, 3.63) is 71.3 Å². The fraction of sp³-hybridized carbons (Fsp3) is 0.435. The van der Waals surface area contributed by atoms with Crippen molar-refractivity contribution in [1.82, 2.24) is 4.90 Å². The van der Waals surface area contributed by atoms with Crippen molar-refractivity contribution in [3.8, 4) is 0 Å². The second kappa shape index (κ2) is 9.91. The molecular formula is C23H31ClN2O. The van der Waals surface area contributed by atoms with E-state index in [1.54, 1.807) is 0 Å². The first-order valence-electron chi connectivity index (χ1n) is 9.71. The standard InChI is InChI=1S/C23H30N2O.ClH/c1-3-18(19-11-9-17(2)10-12-19)13-23(26)25-15-21(14-24)22(16-25)20-7-5-4-6-8-20;/h4-12,18,21-22H,3,13-16,24H2,1-2H3;1H/t18?,21-,22+;/m1./s1. The topological polar surface area (TPSA) is 46.3 Å². The van der Waals surface area contributed by atoms with Crippen LogP contribution in [0.2, 0.25) is 0 Å². The number of nitrogens with zero attached hydrogens (tertiary/aromatic N) is 1. The molecule has 1 aliphatic rings. The largest absolute Gasteiger partial charge is 0.342 e. The molecule has 1 amide bonds. The van der Waals surface area contributed by atoms with Gasteiger partial charge in [0.05, 0.1) is 0 Å². The van der Waals surface area contributed by atoms with Crippen LogP contribution in [0.1, 0.15) is 48.3 Å². The summed E-state index contributed by atoms with van der Waals surface area (Å²) in [7, 11) is 0. The number of hydrogen-bond donors (Lipinski definition) is 1. The van der Waals surface area contributed by atoms with Crippen molar-refractivity contribution in [3.63, 3.8) is 0 Å². The minimum absolute atomic E-state index is 0. The van der Waals surface area contributed by atoms with Crippen LogP contribution in [0.3, 0.4) is 0 Å². The number of carbonyl (C=O) groups excluding carboxylic acids is 1. The van der Waals surface area contributed by atoms with Crippen LogP contribution in [0.15, 0.2) is 54.6 Å². The van der Waals surface area contributed by atoms with Gasteiger partial charge in [-0.3, -0.25) is 4.79 Å². The van der Waals surface area contributed by atoms with E-state index in [9.17, 15) is 4.79 Å². The molecule has 2 aromatic carbocycles. The van der Waals surface area contributed by atoms with E-state index < -0.39 is 0 Å². The Balaban J connectivity index is 0.00000261. The van der Waals surface area contributed by atoms with Gasteiger partial charge >= 0.3 is 0 Å². The number of rotatable bonds is 6. The van der Waals surface area contributed by atoms with Crippen LogP contribution in [0, 0.1) is 12.8 Å². The van der Waals surface area contributed by atoms with Gasteiger partial charge in [-0.2, -0.15) is 0 Å². The van der Waals surface area contributed by atoms with E-state index in [4.69, 9.17) is 5.73 Å². The second-order valence-corrected chi connectivity index (χ2v) is 7.53. The fourth-order valence-electron chi connectivity index (χ4n) is 4.07. The minimum Gasteiger partial charge on any atom is -0.342 e. The van der Waals surface area contributed by atoms with Crippen molar-refractivity contribution >= 4 is 18.3 Å². The molecule has 0 spiro atoms. The zero-order valence-electron chi connectivity index (χ0n) is 16.3. The van der Waals surface area contributed by atoms with Crippen LogP contribution < -0.4 is 5.73 Å². The molecule has 1 unspecified atom stereocenters. The summed E-state index contributed by atoms with van der Waals surface area (Å²) in [6.45, 7) is 6.45. The maximum atomic E-state index is 13.0. The summed E-state index contributed by atoms with van der Waals surface area (Å²) in [5, 5.41) is 0. The molecule has 27 heavy (non-hydrogen) atoms. The first-order chi connectivity index (χ1) is 12.6. The molecule has 146 valence electrons. The highest BCUT2D eigenvalue weighted by molar-refractivity contribution is 5.85. The predicted octanol–water partition coefficient (Wildman–Crippen LogP) is 4.50. The van der Waals surface area contributed by atoms with Crippen LogP contribution in [0.5, 0.6) is 0 Å². The predicted molar refractivity (Wildman–Crippen MR) is 114 cm³/mol. The number of likely N-dealkylation sites (tertiary alicyclic amines) is 1. The smallest absolute Gasteiger partial charge is 0.223 e. The third-order valence-corrected chi connectivity index (χ3v) is 5.79. The Hall–Kier alpha value is -1.84. The minimum atomic E-state index is 0. The first-order valence-corrected chi connectivity index (χ1v) is 9.71. The summed E-state index contributed by atoms with van der Waals surface area (Å²) < 4.78 is 0. The molecule has 0 aromatic heterocycles. The van der Waals surface area contributed by atoms with Crippen molar-refractivity contribution < 1.29 is 4.79 Å². The molecule has 2 N–H and O–H groups in total. The molecule has 1 heterocycles. The third kappa shape index (κ3) is 5.12. The lowest BCUT2D eigenvalue weighted by Gasteiger charge is -2.21. The number of benzene rings is 2. The Labute approximate surface area is 169 Å². The lowest BCUT2D eigenvalue weighted by Crippen LogP contribution is -2.30. The highest BCUT2D eigenvalue weighted by Gasteiger charge is 2.35. The maximum Gasteiger partial charge on any atom is 0.223 e. The molecule has 1 aliphatic heterocycles. The average Bonchev–Trinajstić information content (AvgIpc) is 3.12. The molecule has 0 saturated carbocycles. The number of carbonyl (C=O) groups is 1. The first kappa shape index (κ1) is 21.5. The van der Waals surface area contributed by atoms with Gasteiger partial charge in [-0.15, -0.1) is 12.4 Å².